The van der Waals surface area contributed by atoms with Gasteiger partial charge in [-0.3, -0.25) is 4.79 Å². The molecule has 5 nitrogen and oxygen atoms in total. The van der Waals surface area contributed by atoms with Crippen molar-refractivity contribution in [3.63, 3.8) is 0 Å². The van der Waals surface area contributed by atoms with E-state index in [2.05, 4.69) is 20.0 Å². The molecule has 3 heterocycles. The molecule has 26 heavy (non-hydrogen) atoms. The summed E-state index contributed by atoms with van der Waals surface area (Å²) in [5.74, 6) is 1.31. The van der Waals surface area contributed by atoms with Crippen LogP contribution in [0.5, 0.6) is 0 Å². The second-order valence-electron chi connectivity index (χ2n) is 7.31. The molecule has 1 unspecified atom stereocenters. The zero-order valence-electron chi connectivity index (χ0n) is 15.2. The lowest BCUT2D eigenvalue weighted by molar-refractivity contribution is -0.136. The molecule has 2 aliphatic heterocycles. The molecule has 1 aromatic carbocycles. The molecule has 2 aromatic rings. The van der Waals surface area contributed by atoms with Crippen molar-refractivity contribution < 1.29 is 4.79 Å². The first-order valence-corrected chi connectivity index (χ1v) is 9.74. The third-order valence-corrected chi connectivity index (χ3v) is 5.48. The van der Waals surface area contributed by atoms with E-state index in [-0.39, 0.29) is 5.92 Å². The maximum absolute atomic E-state index is 12.8. The van der Waals surface area contributed by atoms with Crippen molar-refractivity contribution in [2.75, 3.05) is 31.1 Å². The van der Waals surface area contributed by atoms with Crippen LogP contribution in [0.4, 0.5) is 5.82 Å². The number of amides is 1. The van der Waals surface area contributed by atoms with Crippen molar-refractivity contribution in [2.45, 2.75) is 32.1 Å². The molecule has 5 heteroatoms. The van der Waals surface area contributed by atoms with Gasteiger partial charge >= 0.3 is 0 Å². The molecule has 0 N–H and O–H groups in total. The normalized spacial score (nSPS) is 20.8. The van der Waals surface area contributed by atoms with Crippen LogP contribution in [0.2, 0.25) is 0 Å². The smallest absolute Gasteiger partial charge is 0.227 e. The van der Waals surface area contributed by atoms with Gasteiger partial charge in [0.1, 0.15) is 0 Å². The summed E-state index contributed by atoms with van der Waals surface area (Å²) in [7, 11) is 0. The topological polar surface area (TPSA) is 49.3 Å². The SMILES string of the molecule is O=C(C1CCCN(c2ccc(-c3ccccc3)nn2)C1)N1CCCCC1. The molecule has 0 spiro atoms. The van der Waals surface area contributed by atoms with Gasteiger partial charge in [-0.25, -0.2) is 0 Å². The van der Waals surface area contributed by atoms with Crippen molar-refractivity contribution in [2.24, 2.45) is 5.92 Å². The lowest BCUT2D eigenvalue weighted by Crippen LogP contribution is -2.46. The Kier molecular flexibility index (Phi) is 5.14. The van der Waals surface area contributed by atoms with E-state index in [1.165, 1.54) is 6.42 Å². The van der Waals surface area contributed by atoms with E-state index in [4.69, 9.17) is 0 Å². The summed E-state index contributed by atoms with van der Waals surface area (Å²) in [5, 5.41) is 8.83. The summed E-state index contributed by atoms with van der Waals surface area (Å²) in [6, 6.07) is 14.1. The molecule has 1 amide bonds. The number of nitrogens with zero attached hydrogens (tertiary/aromatic N) is 4. The van der Waals surface area contributed by atoms with Gasteiger partial charge in [0.2, 0.25) is 5.91 Å². The lowest BCUT2D eigenvalue weighted by atomic mass is 9.95. The molecule has 2 saturated heterocycles. The van der Waals surface area contributed by atoms with Gasteiger partial charge in [-0.1, -0.05) is 30.3 Å². The maximum atomic E-state index is 12.8. The van der Waals surface area contributed by atoms with Crippen LogP contribution in [0.25, 0.3) is 11.3 Å². The molecule has 4 rings (SSSR count). The van der Waals surface area contributed by atoms with Crippen molar-refractivity contribution in [3.8, 4) is 11.3 Å². The summed E-state index contributed by atoms with van der Waals surface area (Å²) in [4.78, 5) is 17.1. The largest absolute Gasteiger partial charge is 0.354 e. The molecule has 0 saturated carbocycles. The van der Waals surface area contributed by atoms with E-state index in [0.29, 0.717) is 5.91 Å². The zero-order chi connectivity index (χ0) is 17.8. The number of aromatic nitrogens is 2. The minimum absolute atomic E-state index is 0.0949. The molecular formula is C21H26N4O. The highest BCUT2D eigenvalue weighted by molar-refractivity contribution is 5.79. The molecule has 0 aliphatic carbocycles. The van der Waals surface area contributed by atoms with E-state index in [0.717, 1.165) is 68.9 Å². The second-order valence-corrected chi connectivity index (χ2v) is 7.31. The summed E-state index contributed by atoms with van der Waals surface area (Å²) in [6.07, 6.45) is 5.57. The molecule has 0 radical (unpaired) electrons. The van der Waals surface area contributed by atoms with Crippen LogP contribution < -0.4 is 4.90 Å². The summed E-state index contributed by atoms with van der Waals surface area (Å²) in [6.45, 7) is 3.57. The fraction of sp³-hybridized carbons (Fsp3) is 0.476. The average molecular weight is 350 g/mol. The number of anilines is 1. The number of carbonyl (C=O) groups excluding carboxylic acids is 1. The number of benzene rings is 1. The second kappa shape index (κ2) is 7.85. The van der Waals surface area contributed by atoms with E-state index in [9.17, 15) is 4.79 Å². The van der Waals surface area contributed by atoms with Crippen molar-refractivity contribution in [3.05, 3.63) is 42.5 Å². The molecule has 1 atom stereocenters. The predicted molar refractivity (Wildman–Crippen MR) is 103 cm³/mol. The quantitative estimate of drug-likeness (QED) is 0.851. The van der Waals surface area contributed by atoms with Crippen LogP contribution in [0.3, 0.4) is 0 Å². The zero-order valence-corrected chi connectivity index (χ0v) is 15.2. The highest BCUT2D eigenvalue weighted by atomic mass is 16.2. The van der Waals surface area contributed by atoms with Crippen LogP contribution in [-0.2, 0) is 4.79 Å². The molecule has 1 aromatic heterocycles. The molecule has 2 aliphatic rings. The van der Waals surface area contributed by atoms with Crippen molar-refractivity contribution >= 4 is 11.7 Å². The van der Waals surface area contributed by atoms with Crippen molar-refractivity contribution in [1.82, 2.24) is 15.1 Å². The summed E-state index contributed by atoms with van der Waals surface area (Å²) < 4.78 is 0. The minimum atomic E-state index is 0.0949. The molecule has 0 bridgehead atoms. The average Bonchev–Trinajstić information content (AvgIpc) is 2.75. The Balaban J connectivity index is 1.43. The van der Waals surface area contributed by atoms with E-state index in [1.54, 1.807) is 0 Å². The van der Waals surface area contributed by atoms with Gasteiger partial charge in [-0.05, 0) is 44.2 Å². The number of likely N-dealkylation sites (tertiary alicyclic amines) is 1. The maximum Gasteiger partial charge on any atom is 0.227 e. The Morgan fingerprint density at radius 2 is 1.69 bits per heavy atom. The Labute approximate surface area is 155 Å². The van der Waals surface area contributed by atoms with Gasteiger partial charge in [0, 0.05) is 31.7 Å². The Morgan fingerprint density at radius 1 is 0.885 bits per heavy atom. The summed E-state index contributed by atoms with van der Waals surface area (Å²) >= 11 is 0. The lowest BCUT2D eigenvalue weighted by Gasteiger charge is -2.36. The Morgan fingerprint density at radius 3 is 2.42 bits per heavy atom. The van der Waals surface area contributed by atoms with Crippen LogP contribution in [0.15, 0.2) is 42.5 Å². The minimum Gasteiger partial charge on any atom is -0.354 e. The van der Waals surface area contributed by atoms with E-state index < -0.39 is 0 Å². The third kappa shape index (κ3) is 3.71. The van der Waals surface area contributed by atoms with Crippen LogP contribution in [-0.4, -0.2) is 47.2 Å². The third-order valence-electron chi connectivity index (χ3n) is 5.48. The summed E-state index contributed by atoms with van der Waals surface area (Å²) in [5.41, 5.74) is 1.95. The number of rotatable bonds is 3. The molecular weight excluding hydrogens is 324 g/mol. The van der Waals surface area contributed by atoms with Crippen LogP contribution >= 0.6 is 0 Å². The fourth-order valence-electron chi connectivity index (χ4n) is 4.02. The first kappa shape index (κ1) is 17.0. The first-order valence-electron chi connectivity index (χ1n) is 9.74. The highest BCUT2D eigenvalue weighted by Gasteiger charge is 2.30. The number of hydrogen-bond donors (Lipinski definition) is 0. The van der Waals surface area contributed by atoms with E-state index >= 15 is 0 Å². The van der Waals surface area contributed by atoms with Crippen LogP contribution in [0, 0.1) is 5.92 Å². The van der Waals surface area contributed by atoms with Crippen molar-refractivity contribution in [1.29, 1.82) is 0 Å². The molecule has 2 fully saturated rings. The number of piperidine rings is 2. The van der Waals surface area contributed by atoms with Gasteiger partial charge in [-0.2, -0.15) is 0 Å². The van der Waals surface area contributed by atoms with Gasteiger partial charge in [0.15, 0.2) is 5.82 Å². The Hall–Kier alpha value is -2.43. The Bertz CT molecular complexity index is 725. The fourth-order valence-corrected chi connectivity index (χ4v) is 4.02. The van der Waals surface area contributed by atoms with E-state index in [1.807, 2.05) is 42.5 Å². The highest BCUT2D eigenvalue weighted by Crippen LogP contribution is 2.25. The monoisotopic (exact) mass is 350 g/mol. The van der Waals surface area contributed by atoms with Gasteiger partial charge < -0.3 is 9.80 Å². The predicted octanol–water partition coefficient (Wildman–Crippen LogP) is 3.37. The van der Waals surface area contributed by atoms with Gasteiger partial charge in [-0.15, -0.1) is 10.2 Å². The number of carbonyl (C=O) groups is 1. The standard InChI is InChI=1S/C21H26N4O/c26-21(24-13-5-2-6-14-24)18-10-7-15-25(16-18)20-12-11-19(22-23-20)17-8-3-1-4-9-17/h1,3-4,8-9,11-12,18H,2,5-7,10,13-16H2. The van der Waals surface area contributed by atoms with Gasteiger partial charge in [0.25, 0.3) is 0 Å². The number of hydrogen-bond acceptors (Lipinski definition) is 4. The van der Waals surface area contributed by atoms with Gasteiger partial charge in [0.05, 0.1) is 11.6 Å². The molecule has 136 valence electrons. The first-order chi connectivity index (χ1) is 12.8. The van der Waals surface area contributed by atoms with Crippen LogP contribution in [0.1, 0.15) is 32.1 Å².